The monoisotopic (exact) mass is 443 g/mol. The highest BCUT2D eigenvalue weighted by Crippen LogP contribution is 2.14. The van der Waals surface area contributed by atoms with Crippen LogP contribution in [-0.2, 0) is 0 Å². The predicted molar refractivity (Wildman–Crippen MR) is 107 cm³/mol. The molecule has 142 valence electrons. The Morgan fingerprint density at radius 2 is 1.57 bits per heavy atom. The summed E-state index contributed by atoms with van der Waals surface area (Å²) in [6.45, 7) is 1.74. The minimum absolute atomic E-state index is 0.141. The van der Waals surface area contributed by atoms with Crippen LogP contribution < -0.4 is 10.7 Å². The smallest absolute Gasteiger partial charge is 0.307 e. The predicted octanol–water partition coefficient (Wildman–Crippen LogP) is 4.59. The van der Waals surface area contributed by atoms with E-state index in [0.717, 1.165) is 5.56 Å². The van der Waals surface area contributed by atoms with Crippen LogP contribution in [0.5, 0.6) is 0 Å². The summed E-state index contributed by atoms with van der Waals surface area (Å²) in [5.41, 5.74) is 4.70. The van der Waals surface area contributed by atoms with Crippen molar-refractivity contribution in [1.29, 1.82) is 0 Å². The second-order valence-corrected chi connectivity index (χ2v) is 6.56. The van der Waals surface area contributed by atoms with E-state index in [2.05, 4.69) is 31.8 Å². The molecule has 0 bridgehead atoms. The number of hydrogen-bond donors (Lipinski definition) is 2. The van der Waals surface area contributed by atoms with Crippen LogP contribution in [0, 0.1) is 5.82 Å². The Morgan fingerprint density at radius 1 is 0.929 bits per heavy atom. The molecule has 2 amide bonds. The highest BCUT2D eigenvalue weighted by Gasteiger charge is 2.10. The lowest BCUT2D eigenvalue weighted by Gasteiger charge is -2.07. The third-order valence-electron chi connectivity index (χ3n) is 3.79. The standard InChI is InChI=1S/C20H15BrFN3O3/c1-12(24-25-20(27)17-10-11-18(21)28-17)13-4-8-16(9-5-13)23-19(26)14-2-6-15(22)7-3-14/h2-11H,1H3,(H,23,26)(H,25,27). The van der Waals surface area contributed by atoms with Gasteiger partial charge in [-0.15, -0.1) is 0 Å². The maximum absolute atomic E-state index is 12.9. The van der Waals surface area contributed by atoms with Crippen molar-refractivity contribution in [2.24, 2.45) is 5.10 Å². The average molecular weight is 444 g/mol. The highest BCUT2D eigenvalue weighted by molar-refractivity contribution is 9.10. The number of anilines is 1. The van der Waals surface area contributed by atoms with E-state index in [1.165, 1.54) is 30.3 Å². The lowest BCUT2D eigenvalue weighted by Crippen LogP contribution is -2.18. The fourth-order valence-corrected chi connectivity index (χ4v) is 2.60. The van der Waals surface area contributed by atoms with Crippen LogP contribution in [0.1, 0.15) is 33.4 Å². The maximum atomic E-state index is 12.9. The van der Waals surface area contributed by atoms with Crippen molar-refractivity contribution in [3.05, 3.63) is 88.0 Å². The van der Waals surface area contributed by atoms with Crippen molar-refractivity contribution in [3.8, 4) is 0 Å². The molecule has 1 aromatic heterocycles. The molecule has 0 unspecified atom stereocenters. The summed E-state index contributed by atoms with van der Waals surface area (Å²) in [6, 6.07) is 15.4. The molecule has 3 rings (SSSR count). The first-order chi connectivity index (χ1) is 13.4. The third-order valence-corrected chi connectivity index (χ3v) is 4.22. The number of carbonyl (C=O) groups excluding carboxylic acids is 2. The summed E-state index contributed by atoms with van der Waals surface area (Å²) in [5.74, 6) is -1.06. The summed E-state index contributed by atoms with van der Waals surface area (Å²) >= 11 is 3.13. The van der Waals surface area contributed by atoms with Crippen LogP contribution in [0.3, 0.4) is 0 Å². The van der Waals surface area contributed by atoms with Crippen molar-refractivity contribution in [3.63, 3.8) is 0 Å². The minimum Gasteiger partial charge on any atom is -0.444 e. The van der Waals surface area contributed by atoms with Crippen LogP contribution in [-0.4, -0.2) is 17.5 Å². The molecule has 2 aromatic carbocycles. The Morgan fingerprint density at radius 3 is 2.18 bits per heavy atom. The molecule has 0 spiro atoms. The zero-order chi connectivity index (χ0) is 20.1. The molecule has 0 aliphatic heterocycles. The fraction of sp³-hybridized carbons (Fsp3) is 0.0500. The van der Waals surface area contributed by atoms with E-state index >= 15 is 0 Å². The molecule has 2 N–H and O–H groups in total. The van der Waals surface area contributed by atoms with Crippen molar-refractivity contribution in [2.45, 2.75) is 6.92 Å². The van der Waals surface area contributed by atoms with Gasteiger partial charge in [0, 0.05) is 11.3 Å². The molecule has 0 radical (unpaired) electrons. The second-order valence-electron chi connectivity index (χ2n) is 5.78. The summed E-state index contributed by atoms with van der Waals surface area (Å²) in [7, 11) is 0. The molecule has 0 aliphatic rings. The Balaban J connectivity index is 1.62. The summed E-state index contributed by atoms with van der Waals surface area (Å²) in [5, 5.41) is 6.78. The Kier molecular flexibility index (Phi) is 6.00. The number of rotatable bonds is 5. The third kappa shape index (κ3) is 4.92. The summed E-state index contributed by atoms with van der Waals surface area (Å²) in [4.78, 5) is 24.1. The van der Waals surface area contributed by atoms with E-state index in [1.54, 1.807) is 37.3 Å². The maximum Gasteiger partial charge on any atom is 0.307 e. The molecule has 0 fully saturated rings. The van der Waals surface area contributed by atoms with Gasteiger partial charge in [-0.2, -0.15) is 5.10 Å². The van der Waals surface area contributed by atoms with Crippen LogP contribution in [0.4, 0.5) is 10.1 Å². The number of hydrazone groups is 1. The number of halogens is 2. The zero-order valence-electron chi connectivity index (χ0n) is 14.7. The van der Waals surface area contributed by atoms with Crippen LogP contribution in [0.25, 0.3) is 0 Å². The van der Waals surface area contributed by atoms with E-state index in [4.69, 9.17) is 4.42 Å². The van der Waals surface area contributed by atoms with Gasteiger partial charge in [0.15, 0.2) is 10.4 Å². The first-order valence-corrected chi connectivity index (χ1v) is 8.99. The van der Waals surface area contributed by atoms with E-state index < -0.39 is 11.7 Å². The lowest BCUT2D eigenvalue weighted by molar-refractivity contribution is 0.0925. The van der Waals surface area contributed by atoms with Crippen LogP contribution in [0.2, 0.25) is 0 Å². The highest BCUT2D eigenvalue weighted by atomic mass is 79.9. The van der Waals surface area contributed by atoms with Gasteiger partial charge in [-0.25, -0.2) is 9.82 Å². The average Bonchev–Trinajstić information content (AvgIpc) is 3.13. The van der Waals surface area contributed by atoms with Gasteiger partial charge in [0.2, 0.25) is 0 Å². The SMILES string of the molecule is CC(=NNC(=O)c1ccc(Br)o1)c1ccc(NC(=O)c2ccc(F)cc2)cc1. The van der Waals surface area contributed by atoms with E-state index in [1.807, 2.05) is 0 Å². The largest absolute Gasteiger partial charge is 0.444 e. The molecule has 28 heavy (non-hydrogen) atoms. The van der Waals surface area contributed by atoms with Gasteiger partial charge >= 0.3 is 5.91 Å². The Bertz CT molecular complexity index is 1030. The molecule has 3 aromatic rings. The number of furan rings is 1. The van der Waals surface area contributed by atoms with Gasteiger partial charge in [0.25, 0.3) is 5.91 Å². The molecule has 6 nitrogen and oxygen atoms in total. The molecule has 1 heterocycles. The molecule has 0 saturated carbocycles. The number of benzene rings is 2. The van der Waals surface area contributed by atoms with Crippen molar-refractivity contribution in [2.75, 3.05) is 5.32 Å². The number of nitrogens with one attached hydrogen (secondary N) is 2. The Hall–Kier alpha value is -3.26. The van der Waals surface area contributed by atoms with Crippen LogP contribution >= 0.6 is 15.9 Å². The molecular formula is C20H15BrFN3O3. The minimum atomic E-state index is -0.465. The number of amides is 2. The van der Waals surface area contributed by atoms with Crippen molar-refractivity contribution >= 4 is 39.1 Å². The van der Waals surface area contributed by atoms with Gasteiger partial charge in [-0.3, -0.25) is 9.59 Å². The molecule has 8 heteroatoms. The number of nitrogens with zero attached hydrogens (tertiary/aromatic N) is 1. The second kappa shape index (κ2) is 8.62. The van der Waals surface area contributed by atoms with Gasteiger partial charge < -0.3 is 9.73 Å². The van der Waals surface area contributed by atoms with E-state index in [9.17, 15) is 14.0 Å². The van der Waals surface area contributed by atoms with E-state index in [-0.39, 0.29) is 11.7 Å². The lowest BCUT2D eigenvalue weighted by atomic mass is 10.1. The normalized spacial score (nSPS) is 11.2. The summed E-state index contributed by atoms with van der Waals surface area (Å²) < 4.78 is 18.5. The number of carbonyl (C=O) groups is 2. The van der Waals surface area contributed by atoms with Crippen molar-refractivity contribution < 1.29 is 18.4 Å². The molecule has 0 atom stereocenters. The number of hydrogen-bond acceptors (Lipinski definition) is 4. The summed E-state index contributed by atoms with van der Waals surface area (Å²) in [6.07, 6.45) is 0. The zero-order valence-corrected chi connectivity index (χ0v) is 16.3. The van der Waals surface area contributed by atoms with Crippen LogP contribution in [0.15, 0.2) is 74.9 Å². The first kappa shape index (κ1) is 19.5. The van der Waals surface area contributed by atoms with Gasteiger partial charge in [-0.05, 0) is 76.9 Å². The quantitative estimate of drug-likeness (QED) is 0.446. The molecule has 0 aliphatic carbocycles. The molecule has 0 saturated heterocycles. The van der Waals surface area contributed by atoms with Gasteiger partial charge in [0.05, 0.1) is 5.71 Å². The van der Waals surface area contributed by atoms with E-state index in [0.29, 0.717) is 21.6 Å². The van der Waals surface area contributed by atoms with Gasteiger partial charge in [0.1, 0.15) is 5.82 Å². The van der Waals surface area contributed by atoms with Crippen molar-refractivity contribution in [1.82, 2.24) is 5.43 Å². The Labute approximate surface area is 168 Å². The topological polar surface area (TPSA) is 83.7 Å². The van der Waals surface area contributed by atoms with Gasteiger partial charge in [-0.1, -0.05) is 12.1 Å². The molecular weight excluding hydrogens is 429 g/mol. The fourth-order valence-electron chi connectivity index (χ4n) is 2.29. The first-order valence-electron chi connectivity index (χ1n) is 8.20.